The lowest BCUT2D eigenvalue weighted by Crippen LogP contribution is -2.28. The molecular formula is C59H39N. The Bertz CT molecular complexity index is 3400. The summed E-state index contributed by atoms with van der Waals surface area (Å²) in [5.74, 6) is 0. The van der Waals surface area contributed by atoms with E-state index < -0.39 is 5.41 Å². The third-order valence-corrected chi connectivity index (χ3v) is 12.9. The van der Waals surface area contributed by atoms with Crippen molar-refractivity contribution in [3.63, 3.8) is 0 Å². The molecule has 0 unspecified atom stereocenters. The zero-order valence-corrected chi connectivity index (χ0v) is 33.0. The summed E-state index contributed by atoms with van der Waals surface area (Å²) in [5.41, 5.74) is 12.9. The molecule has 0 radical (unpaired) electrons. The van der Waals surface area contributed by atoms with Crippen molar-refractivity contribution in [2.45, 2.75) is 5.41 Å². The van der Waals surface area contributed by atoms with Crippen LogP contribution in [0.4, 0.5) is 17.1 Å². The van der Waals surface area contributed by atoms with E-state index in [-0.39, 0.29) is 0 Å². The SMILES string of the molecule is c1ccc(C2(c3ccccc3)c3ccccc3-c3ccc(N(c4cccc(-c5cc6ccccc6c6ccccc56)c4)c4cc5ccccc5c5ccccc45)cc32)cc1. The molecule has 1 heteroatoms. The van der Waals surface area contributed by atoms with E-state index in [9.17, 15) is 0 Å². The molecule has 0 amide bonds. The van der Waals surface area contributed by atoms with Gasteiger partial charge in [-0.25, -0.2) is 0 Å². The zero-order chi connectivity index (χ0) is 39.6. The summed E-state index contributed by atoms with van der Waals surface area (Å²) in [6.07, 6.45) is 0. The molecule has 0 spiro atoms. The summed E-state index contributed by atoms with van der Waals surface area (Å²) in [7, 11) is 0. The molecule has 0 saturated heterocycles. The van der Waals surface area contributed by atoms with Gasteiger partial charge in [-0.15, -0.1) is 0 Å². The van der Waals surface area contributed by atoms with Crippen molar-refractivity contribution in [2.75, 3.05) is 4.90 Å². The molecule has 0 saturated carbocycles. The third kappa shape index (κ3) is 5.13. The van der Waals surface area contributed by atoms with Crippen LogP contribution in [0.1, 0.15) is 22.3 Å². The molecule has 12 rings (SSSR count). The van der Waals surface area contributed by atoms with Crippen molar-refractivity contribution in [1.29, 1.82) is 0 Å². The maximum atomic E-state index is 2.51. The minimum Gasteiger partial charge on any atom is -0.310 e. The second-order valence-electron chi connectivity index (χ2n) is 16.0. The molecule has 0 atom stereocenters. The summed E-state index contributed by atoms with van der Waals surface area (Å²) in [5, 5.41) is 9.95. The minimum absolute atomic E-state index is 0.520. The van der Waals surface area contributed by atoms with Gasteiger partial charge in [-0.05, 0) is 119 Å². The van der Waals surface area contributed by atoms with Crippen LogP contribution in [-0.4, -0.2) is 0 Å². The van der Waals surface area contributed by atoms with E-state index in [1.165, 1.54) is 87.6 Å². The van der Waals surface area contributed by atoms with Gasteiger partial charge in [0.1, 0.15) is 0 Å². The highest BCUT2D eigenvalue weighted by molar-refractivity contribution is 6.16. The first-order valence-corrected chi connectivity index (χ1v) is 20.8. The standard InChI is InChI=1S/C59H39N/c1-3-21-43(22-4-1)59(44-23-5-2-6-24-44)56-33-16-15-31-52(56)53-35-34-46(39-57(53)59)60(58-38-42-19-8-10-27-48(42)50-29-13-14-32-54(50)58)45-25-17-20-40(36-45)55-37-41-18-7-9-26-47(41)49-28-11-12-30-51(49)55/h1-39H. The van der Waals surface area contributed by atoms with Crippen molar-refractivity contribution >= 4 is 60.2 Å². The van der Waals surface area contributed by atoms with Gasteiger partial charge in [0.15, 0.2) is 0 Å². The zero-order valence-electron chi connectivity index (χ0n) is 33.0. The highest BCUT2D eigenvalue weighted by Gasteiger charge is 2.46. The second kappa shape index (κ2) is 13.7. The summed E-state index contributed by atoms with van der Waals surface area (Å²) in [6.45, 7) is 0. The normalized spacial score (nSPS) is 12.8. The second-order valence-corrected chi connectivity index (χ2v) is 16.0. The molecule has 0 N–H and O–H groups in total. The van der Waals surface area contributed by atoms with Crippen molar-refractivity contribution in [3.05, 3.63) is 259 Å². The molecule has 0 bridgehead atoms. The Kier molecular flexibility index (Phi) is 7.83. The van der Waals surface area contributed by atoms with Gasteiger partial charge in [-0.1, -0.05) is 200 Å². The van der Waals surface area contributed by atoms with Gasteiger partial charge in [0.2, 0.25) is 0 Å². The lowest BCUT2D eigenvalue weighted by atomic mass is 9.67. The van der Waals surface area contributed by atoms with Crippen LogP contribution in [0, 0.1) is 0 Å². The van der Waals surface area contributed by atoms with Gasteiger partial charge >= 0.3 is 0 Å². The molecule has 0 heterocycles. The fourth-order valence-electron chi connectivity index (χ4n) is 10.3. The molecule has 0 aliphatic heterocycles. The number of anilines is 3. The highest BCUT2D eigenvalue weighted by atomic mass is 15.1. The Morgan fingerprint density at radius 3 is 1.50 bits per heavy atom. The fourth-order valence-corrected chi connectivity index (χ4v) is 10.3. The van der Waals surface area contributed by atoms with Crippen LogP contribution in [0.25, 0.3) is 65.3 Å². The van der Waals surface area contributed by atoms with E-state index in [0.29, 0.717) is 0 Å². The van der Waals surface area contributed by atoms with Crippen LogP contribution in [0.15, 0.2) is 237 Å². The molecule has 1 aliphatic carbocycles. The highest BCUT2D eigenvalue weighted by Crippen LogP contribution is 2.57. The maximum Gasteiger partial charge on any atom is 0.0714 e. The molecule has 60 heavy (non-hydrogen) atoms. The van der Waals surface area contributed by atoms with Crippen LogP contribution >= 0.6 is 0 Å². The molecular weight excluding hydrogens is 723 g/mol. The first-order valence-electron chi connectivity index (χ1n) is 20.8. The van der Waals surface area contributed by atoms with E-state index in [0.717, 1.165) is 17.1 Å². The topological polar surface area (TPSA) is 3.24 Å². The van der Waals surface area contributed by atoms with Gasteiger partial charge in [0, 0.05) is 16.8 Å². The average molecular weight is 762 g/mol. The Balaban J connectivity index is 1.16. The predicted octanol–water partition coefficient (Wildman–Crippen LogP) is 15.8. The van der Waals surface area contributed by atoms with Crippen LogP contribution in [-0.2, 0) is 5.41 Å². The Labute approximate surface area is 350 Å². The number of nitrogens with zero attached hydrogens (tertiary/aromatic N) is 1. The summed E-state index contributed by atoms with van der Waals surface area (Å²) in [4.78, 5) is 2.51. The molecule has 1 aliphatic rings. The number of hydrogen-bond donors (Lipinski definition) is 0. The molecule has 0 fully saturated rings. The number of hydrogen-bond acceptors (Lipinski definition) is 1. The first kappa shape index (κ1) is 34.3. The largest absolute Gasteiger partial charge is 0.310 e. The quantitative estimate of drug-likeness (QED) is 0.153. The van der Waals surface area contributed by atoms with Crippen molar-refractivity contribution < 1.29 is 0 Å². The number of benzene rings is 11. The van der Waals surface area contributed by atoms with Gasteiger partial charge in [-0.3, -0.25) is 0 Å². The summed E-state index contributed by atoms with van der Waals surface area (Å²) >= 11 is 0. The van der Waals surface area contributed by atoms with Gasteiger partial charge in [0.25, 0.3) is 0 Å². The van der Waals surface area contributed by atoms with E-state index in [2.05, 4.69) is 241 Å². The lowest BCUT2D eigenvalue weighted by molar-refractivity contribution is 0.768. The van der Waals surface area contributed by atoms with Crippen molar-refractivity contribution in [3.8, 4) is 22.3 Å². The smallest absolute Gasteiger partial charge is 0.0714 e. The van der Waals surface area contributed by atoms with Gasteiger partial charge < -0.3 is 4.90 Å². The van der Waals surface area contributed by atoms with Crippen LogP contribution < -0.4 is 4.90 Å². The molecule has 280 valence electrons. The van der Waals surface area contributed by atoms with E-state index in [1.807, 2.05) is 0 Å². The van der Waals surface area contributed by atoms with E-state index >= 15 is 0 Å². The van der Waals surface area contributed by atoms with Crippen LogP contribution in [0.3, 0.4) is 0 Å². The number of rotatable bonds is 6. The van der Waals surface area contributed by atoms with E-state index in [1.54, 1.807) is 0 Å². The summed E-state index contributed by atoms with van der Waals surface area (Å²) in [6, 6.07) is 87.6. The lowest BCUT2D eigenvalue weighted by Gasteiger charge is -2.35. The van der Waals surface area contributed by atoms with Gasteiger partial charge in [0.05, 0.1) is 11.1 Å². The fraction of sp³-hybridized carbons (Fsp3) is 0.0169. The van der Waals surface area contributed by atoms with Crippen molar-refractivity contribution in [1.82, 2.24) is 0 Å². The van der Waals surface area contributed by atoms with Crippen LogP contribution in [0.5, 0.6) is 0 Å². The van der Waals surface area contributed by atoms with Gasteiger partial charge in [-0.2, -0.15) is 0 Å². The molecule has 0 aromatic heterocycles. The Morgan fingerprint density at radius 1 is 0.283 bits per heavy atom. The van der Waals surface area contributed by atoms with Crippen molar-refractivity contribution in [2.24, 2.45) is 0 Å². The third-order valence-electron chi connectivity index (χ3n) is 12.9. The molecule has 1 nitrogen and oxygen atoms in total. The Morgan fingerprint density at radius 2 is 0.800 bits per heavy atom. The maximum absolute atomic E-state index is 2.51. The van der Waals surface area contributed by atoms with E-state index in [4.69, 9.17) is 0 Å². The Hall–Kier alpha value is -7.74. The summed E-state index contributed by atoms with van der Waals surface area (Å²) < 4.78 is 0. The predicted molar refractivity (Wildman–Crippen MR) is 254 cm³/mol. The molecule has 11 aromatic rings. The minimum atomic E-state index is -0.520. The number of fused-ring (bicyclic) bond motifs is 9. The van der Waals surface area contributed by atoms with Crippen LogP contribution in [0.2, 0.25) is 0 Å². The first-order chi connectivity index (χ1) is 29.8. The average Bonchev–Trinajstić information content (AvgIpc) is 3.62. The monoisotopic (exact) mass is 761 g/mol. The molecule has 11 aromatic carbocycles.